The monoisotopic (exact) mass is 526 g/mol. The summed E-state index contributed by atoms with van der Waals surface area (Å²) in [4.78, 5) is 57.0. The van der Waals surface area contributed by atoms with Crippen LogP contribution in [0, 0.1) is 29.1 Å². The number of hydrogen-bond acceptors (Lipinski definition) is 5. The van der Waals surface area contributed by atoms with Crippen molar-refractivity contribution in [2.24, 2.45) is 29.1 Å². The molecule has 1 spiro atoms. The minimum Gasteiger partial charge on any atom is -0.365 e. The predicted octanol–water partition coefficient (Wildman–Crippen LogP) is 4.04. The van der Waals surface area contributed by atoms with Crippen molar-refractivity contribution in [1.29, 1.82) is 0 Å². The molecular formula is C32H34N2O5. The number of nitrogens with one attached hydrogen (secondary N) is 2. The van der Waals surface area contributed by atoms with Crippen LogP contribution in [0.2, 0.25) is 0 Å². The Balaban J connectivity index is 1.47. The van der Waals surface area contributed by atoms with Gasteiger partial charge in [0.15, 0.2) is 5.78 Å². The number of hydrogen-bond donors (Lipinski definition) is 2. The van der Waals surface area contributed by atoms with Gasteiger partial charge in [-0.15, -0.1) is 0 Å². The van der Waals surface area contributed by atoms with Crippen LogP contribution < -0.4 is 5.32 Å². The summed E-state index contributed by atoms with van der Waals surface area (Å²) in [6.07, 6.45) is 10.8. The van der Waals surface area contributed by atoms with E-state index in [0.717, 1.165) is 28.6 Å². The van der Waals surface area contributed by atoms with Gasteiger partial charge in [-0.1, -0.05) is 50.3 Å². The van der Waals surface area contributed by atoms with Crippen LogP contribution in [0.3, 0.4) is 0 Å². The number of Topliss-reactive ketones (excluding diaryl/α,β-unsaturated/α-hetero) is 1. The zero-order valence-electron chi connectivity index (χ0n) is 22.7. The fraction of sp³-hybridized carbons (Fsp3) is 0.438. The summed E-state index contributed by atoms with van der Waals surface area (Å²) in [5, 5.41) is 4.29. The number of ketones is 3. The first kappa shape index (κ1) is 25.7. The third-order valence-electron chi connectivity index (χ3n) is 9.71. The van der Waals surface area contributed by atoms with Crippen LogP contribution >= 0.6 is 0 Å². The maximum absolute atomic E-state index is 14.2. The van der Waals surface area contributed by atoms with Crippen molar-refractivity contribution in [1.82, 2.24) is 10.3 Å². The molecule has 2 N–H and O–H groups in total. The number of fused-ring (bicyclic) bond motifs is 3. The number of benzene rings is 1. The molecular weight excluding hydrogens is 492 g/mol. The second kappa shape index (κ2) is 8.98. The molecule has 3 fully saturated rings. The Morgan fingerprint density at radius 2 is 1.85 bits per heavy atom. The van der Waals surface area contributed by atoms with E-state index < -0.39 is 34.3 Å². The minimum atomic E-state index is -1.44. The topological polar surface area (TPSA) is 109 Å². The third-order valence-corrected chi connectivity index (χ3v) is 9.71. The maximum Gasteiger partial charge on any atom is 0.235 e. The molecule has 4 aliphatic rings. The lowest BCUT2D eigenvalue weighted by Crippen LogP contribution is -2.58. The number of aromatic amines is 1. The molecule has 2 aliphatic carbocycles. The van der Waals surface area contributed by atoms with Crippen molar-refractivity contribution in [3.8, 4) is 0 Å². The van der Waals surface area contributed by atoms with E-state index in [2.05, 4.69) is 30.2 Å². The van der Waals surface area contributed by atoms with Crippen LogP contribution in [0.5, 0.6) is 0 Å². The molecule has 1 aromatic carbocycles. The second-order valence-electron chi connectivity index (χ2n) is 12.0. The van der Waals surface area contributed by atoms with E-state index in [9.17, 15) is 19.2 Å². The largest absolute Gasteiger partial charge is 0.365 e. The molecule has 1 aromatic heterocycles. The molecule has 8 atom stereocenters. The zero-order chi connectivity index (χ0) is 27.7. The van der Waals surface area contributed by atoms with Gasteiger partial charge in [0.1, 0.15) is 5.41 Å². The molecule has 39 heavy (non-hydrogen) atoms. The average Bonchev–Trinajstić information content (AvgIpc) is 3.31. The standard InChI is InChI=1S/C32H34N2O5/c1-17-8-7-10-22-29-31(4,39-29)19(3)27-24(15-20-16-33-23-11-6-5-9-21(20)23)34-30(38)32(22,27)26(36)13-12-25(35)28(37)18(2)14-17/h5-7,9-14,16-17,19,22,24,27,29,33H,8,15H2,1-4H3,(H,34,38)/b10-7+,13-12+,18-14+/t17-,19-,22-,24-,27-,29-,31+,32+/m0/s1. The molecule has 6 rings (SSSR count). The van der Waals surface area contributed by atoms with Crippen molar-refractivity contribution in [3.05, 3.63) is 72.0 Å². The highest BCUT2D eigenvalue weighted by atomic mass is 16.6. The van der Waals surface area contributed by atoms with Crippen molar-refractivity contribution >= 4 is 34.2 Å². The Kier molecular flexibility index (Phi) is 5.92. The Bertz CT molecular complexity index is 1500. The van der Waals surface area contributed by atoms with Crippen LogP contribution in [0.15, 0.2) is 66.4 Å². The summed E-state index contributed by atoms with van der Waals surface area (Å²) in [6.45, 7) is 7.74. The van der Waals surface area contributed by atoms with E-state index in [1.54, 1.807) is 13.0 Å². The zero-order valence-corrected chi connectivity index (χ0v) is 22.7. The Morgan fingerprint density at radius 3 is 2.64 bits per heavy atom. The number of allylic oxidation sites excluding steroid dienone is 5. The van der Waals surface area contributed by atoms with Crippen molar-refractivity contribution in [3.63, 3.8) is 0 Å². The second-order valence-corrected chi connectivity index (χ2v) is 12.0. The third kappa shape index (κ3) is 3.73. The van der Waals surface area contributed by atoms with Gasteiger partial charge in [0.25, 0.3) is 0 Å². The molecule has 7 heteroatoms. The van der Waals surface area contributed by atoms with Gasteiger partial charge >= 0.3 is 0 Å². The first-order chi connectivity index (χ1) is 18.6. The first-order valence-electron chi connectivity index (χ1n) is 13.8. The molecule has 2 aromatic rings. The van der Waals surface area contributed by atoms with Gasteiger partial charge in [0.05, 0.1) is 11.7 Å². The molecule has 2 aliphatic heterocycles. The summed E-state index contributed by atoms with van der Waals surface area (Å²) in [5.41, 5.74) is 0.547. The summed E-state index contributed by atoms with van der Waals surface area (Å²) in [5.74, 6) is -3.13. The van der Waals surface area contributed by atoms with Crippen LogP contribution in [0.25, 0.3) is 10.9 Å². The number of epoxide rings is 1. The number of carbonyl (C=O) groups is 4. The predicted molar refractivity (Wildman–Crippen MR) is 147 cm³/mol. The Hall–Kier alpha value is -3.58. The van der Waals surface area contributed by atoms with Gasteiger partial charge < -0.3 is 15.0 Å². The summed E-state index contributed by atoms with van der Waals surface area (Å²) in [7, 11) is 0. The fourth-order valence-corrected chi connectivity index (χ4v) is 7.57. The van der Waals surface area contributed by atoms with Gasteiger partial charge in [-0.2, -0.15) is 0 Å². The van der Waals surface area contributed by atoms with Gasteiger partial charge in [-0.25, -0.2) is 0 Å². The van der Waals surface area contributed by atoms with E-state index in [4.69, 9.17) is 4.74 Å². The van der Waals surface area contributed by atoms with Gasteiger partial charge in [0, 0.05) is 35.0 Å². The van der Waals surface area contributed by atoms with Crippen LogP contribution in [0.4, 0.5) is 0 Å². The first-order valence-corrected chi connectivity index (χ1v) is 13.8. The molecule has 0 bridgehead atoms. The summed E-state index contributed by atoms with van der Waals surface area (Å²) in [6, 6.07) is 7.72. The smallest absolute Gasteiger partial charge is 0.235 e. The normalized spacial score (nSPS) is 41.2. The number of ether oxygens (including phenoxy) is 1. The highest BCUT2D eigenvalue weighted by molar-refractivity contribution is 6.47. The number of H-pyrrole nitrogens is 1. The molecule has 0 unspecified atom stereocenters. The molecule has 3 heterocycles. The lowest BCUT2D eigenvalue weighted by molar-refractivity contribution is -0.145. The molecule has 202 valence electrons. The van der Waals surface area contributed by atoms with Crippen molar-refractivity contribution in [2.75, 3.05) is 0 Å². The fourth-order valence-electron chi connectivity index (χ4n) is 7.57. The van der Waals surface area contributed by atoms with Gasteiger partial charge in [0.2, 0.25) is 17.5 Å². The highest BCUT2D eigenvalue weighted by Gasteiger charge is 2.78. The minimum absolute atomic E-state index is 0.00576. The van der Waals surface area contributed by atoms with Crippen LogP contribution in [-0.4, -0.2) is 46.0 Å². The van der Waals surface area contributed by atoms with Crippen molar-refractivity contribution < 1.29 is 23.9 Å². The number of para-hydroxylation sites is 1. The van der Waals surface area contributed by atoms with Crippen LogP contribution in [-0.2, 0) is 30.3 Å². The summed E-state index contributed by atoms with van der Waals surface area (Å²) >= 11 is 0. The molecule has 2 saturated heterocycles. The van der Waals surface area contributed by atoms with E-state index in [0.29, 0.717) is 18.4 Å². The molecule has 7 nitrogen and oxygen atoms in total. The van der Waals surface area contributed by atoms with E-state index in [1.807, 2.05) is 43.5 Å². The molecule has 0 radical (unpaired) electrons. The lowest BCUT2D eigenvalue weighted by atomic mass is 9.51. The number of rotatable bonds is 2. The number of carbonyl (C=O) groups excluding carboxylic acids is 4. The van der Waals surface area contributed by atoms with E-state index in [-0.39, 0.29) is 35.8 Å². The van der Waals surface area contributed by atoms with Gasteiger partial charge in [-0.05, 0) is 67.9 Å². The summed E-state index contributed by atoms with van der Waals surface area (Å²) < 4.78 is 6.31. The Labute approximate surface area is 227 Å². The Morgan fingerprint density at radius 1 is 1.08 bits per heavy atom. The maximum atomic E-state index is 14.2. The number of aromatic nitrogens is 1. The quantitative estimate of drug-likeness (QED) is 0.266. The lowest BCUT2D eigenvalue weighted by Gasteiger charge is -2.45. The van der Waals surface area contributed by atoms with E-state index >= 15 is 0 Å². The molecule has 1 amide bonds. The van der Waals surface area contributed by atoms with Gasteiger partial charge in [-0.3, -0.25) is 19.2 Å². The van der Waals surface area contributed by atoms with Crippen molar-refractivity contribution in [2.45, 2.75) is 58.3 Å². The number of amides is 1. The highest BCUT2D eigenvalue weighted by Crippen LogP contribution is 2.66. The van der Waals surface area contributed by atoms with Crippen LogP contribution in [0.1, 0.15) is 39.7 Å². The molecule has 1 saturated carbocycles. The average molecular weight is 527 g/mol. The van der Waals surface area contributed by atoms with E-state index in [1.165, 1.54) is 0 Å². The SMILES string of the molecule is C/C1=C\[C@@H](C)C/C=C/[C@H]2[C@@H]3O[C@]3(C)[C@@H](C)[C@H]3[C@H](Cc4c[nH]c5ccccc45)NC(=O)[C@]32C(=O)/C=C/C(=O)C1=O.